The van der Waals surface area contributed by atoms with E-state index in [0.29, 0.717) is 39.6 Å². The average Bonchev–Trinajstić information content (AvgIpc) is 2.71. The number of sulfonamides is 1. The Morgan fingerprint density at radius 2 is 1.79 bits per heavy atom. The second-order valence-electron chi connectivity index (χ2n) is 6.76. The van der Waals surface area contributed by atoms with Gasteiger partial charge in [0.1, 0.15) is 0 Å². The summed E-state index contributed by atoms with van der Waals surface area (Å²) in [5, 5.41) is 3.46. The van der Waals surface area contributed by atoms with Gasteiger partial charge in [-0.3, -0.25) is 9.10 Å². The van der Waals surface area contributed by atoms with Crippen molar-refractivity contribution >= 4 is 38.9 Å². The van der Waals surface area contributed by atoms with Crippen molar-refractivity contribution in [2.75, 3.05) is 16.2 Å². The van der Waals surface area contributed by atoms with Gasteiger partial charge in [-0.15, -0.1) is 0 Å². The fraction of sp³-hybridized carbons (Fsp3) is 0.136. The van der Waals surface area contributed by atoms with E-state index in [1.165, 1.54) is 4.31 Å². The first-order valence-corrected chi connectivity index (χ1v) is 11.0. The van der Waals surface area contributed by atoms with E-state index in [0.717, 1.165) is 5.56 Å². The maximum atomic E-state index is 13.0. The van der Waals surface area contributed by atoms with Gasteiger partial charge < -0.3 is 5.32 Å². The van der Waals surface area contributed by atoms with E-state index in [9.17, 15) is 13.2 Å². The van der Waals surface area contributed by atoms with Crippen LogP contribution in [0.4, 0.5) is 11.4 Å². The number of amides is 1. The van der Waals surface area contributed by atoms with E-state index in [4.69, 9.17) is 11.6 Å². The molecule has 7 heteroatoms. The van der Waals surface area contributed by atoms with E-state index in [1.807, 2.05) is 6.92 Å². The second-order valence-corrected chi connectivity index (χ2v) is 9.00. The molecule has 0 fully saturated rings. The Morgan fingerprint density at radius 3 is 2.55 bits per heavy atom. The van der Waals surface area contributed by atoms with E-state index in [2.05, 4.69) is 5.32 Å². The highest BCUT2D eigenvalue weighted by molar-refractivity contribution is 7.93. The lowest BCUT2D eigenvalue weighted by atomic mass is 10.00. The Labute approximate surface area is 175 Å². The summed E-state index contributed by atoms with van der Waals surface area (Å²) in [6, 6.07) is 17.3. The summed E-state index contributed by atoms with van der Waals surface area (Å²) in [6.07, 6.45) is 0. The number of hydrogen-bond donors (Lipinski definition) is 1. The Kier molecular flexibility index (Phi) is 4.84. The van der Waals surface area contributed by atoms with Gasteiger partial charge in [-0.1, -0.05) is 35.9 Å². The summed E-state index contributed by atoms with van der Waals surface area (Å²) < 4.78 is 27.3. The molecule has 1 aliphatic rings. The minimum Gasteiger partial charge on any atom is -0.322 e. The highest BCUT2D eigenvalue weighted by atomic mass is 35.5. The summed E-state index contributed by atoms with van der Waals surface area (Å²) in [5.41, 5.74) is 3.75. The zero-order valence-electron chi connectivity index (χ0n) is 15.9. The number of fused-ring (bicyclic) bond motifs is 3. The molecule has 3 aromatic rings. The number of anilines is 2. The SMILES string of the molecule is CCN1c2ccc(C(=O)Nc3cccc(Cl)c3C)cc2-c2ccccc2S1(=O)=O. The lowest BCUT2D eigenvalue weighted by Gasteiger charge is -2.31. The number of halogens is 1. The van der Waals surface area contributed by atoms with E-state index in [-0.39, 0.29) is 10.8 Å². The minimum atomic E-state index is -3.62. The van der Waals surface area contributed by atoms with Crippen LogP contribution in [0.5, 0.6) is 0 Å². The van der Waals surface area contributed by atoms with Crippen LogP contribution in [0.25, 0.3) is 11.1 Å². The highest BCUT2D eigenvalue weighted by Gasteiger charge is 2.34. The van der Waals surface area contributed by atoms with E-state index in [1.54, 1.807) is 67.6 Å². The van der Waals surface area contributed by atoms with Crippen molar-refractivity contribution in [3.8, 4) is 11.1 Å². The van der Waals surface area contributed by atoms with Crippen LogP contribution >= 0.6 is 11.6 Å². The monoisotopic (exact) mass is 426 g/mol. The van der Waals surface area contributed by atoms with Crippen LogP contribution in [-0.2, 0) is 10.0 Å². The van der Waals surface area contributed by atoms with Gasteiger partial charge in [-0.25, -0.2) is 8.42 Å². The second kappa shape index (κ2) is 7.21. The molecule has 0 aliphatic carbocycles. The van der Waals surface area contributed by atoms with Crippen LogP contribution in [0.1, 0.15) is 22.8 Å². The lowest BCUT2D eigenvalue weighted by Crippen LogP contribution is -2.34. The van der Waals surface area contributed by atoms with E-state index >= 15 is 0 Å². The normalized spacial score (nSPS) is 14.1. The first-order chi connectivity index (χ1) is 13.8. The molecule has 148 valence electrons. The van der Waals surface area contributed by atoms with Crippen molar-refractivity contribution in [3.05, 3.63) is 76.8 Å². The fourth-order valence-corrected chi connectivity index (χ4v) is 5.43. The van der Waals surface area contributed by atoms with Gasteiger partial charge in [0.15, 0.2) is 0 Å². The molecule has 0 spiro atoms. The summed E-state index contributed by atoms with van der Waals surface area (Å²) in [4.78, 5) is 13.1. The highest BCUT2D eigenvalue weighted by Crippen LogP contribution is 2.43. The van der Waals surface area contributed by atoms with Crippen molar-refractivity contribution in [2.24, 2.45) is 0 Å². The van der Waals surface area contributed by atoms with Crippen molar-refractivity contribution in [3.63, 3.8) is 0 Å². The molecule has 5 nitrogen and oxygen atoms in total. The Bertz CT molecular complexity index is 1240. The predicted octanol–water partition coefficient (Wildman–Crippen LogP) is 5.10. The summed E-state index contributed by atoms with van der Waals surface area (Å²) in [5.74, 6) is -0.285. The maximum Gasteiger partial charge on any atom is 0.264 e. The Balaban J connectivity index is 1.79. The Morgan fingerprint density at radius 1 is 1.03 bits per heavy atom. The maximum absolute atomic E-state index is 13.0. The number of carbonyl (C=O) groups excluding carboxylic acids is 1. The summed E-state index contributed by atoms with van der Waals surface area (Å²) in [7, 11) is -3.62. The van der Waals surface area contributed by atoms with Gasteiger partial charge in [0.05, 0.1) is 10.6 Å². The smallest absolute Gasteiger partial charge is 0.264 e. The largest absolute Gasteiger partial charge is 0.322 e. The third kappa shape index (κ3) is 3.18. The molecule has 1 N–H and O–H groups in total. The van der Waals surface area contributed by atoms with Crippen LogP contribution < -0.4 is 9.62 Å². The zero-order chi connectivity index (χ0) is 20.8. The van der Waals surface area contributed by atoms with Crippen LogP contribution in [0, 0.1) is 6.92 Å². The molecule has 3 aromatic carbocycles. The van der Waals surface area contributed by atoms with E-state index < -0.39 is 10.0 Å². The van der Waals surface area contributed by atoms with Crippen LogP contribution in [0.2, 0.25) is 5.02 Å². The number of nitrogens with zero attached hydrogens (tertiary/aromatic N) is 1. The predicted molar refractivity (Wildman–Crippen MR) is 116 cm³/mol. The third-order valence-electron chi connectivity index (χ3n) is 5.08. The summed E-state index contributed by atoms with van der Waals surface area (Å²) in [6.45, 7) is 3.93. The van der Waals surface area contributed by atoms with Crippen LogP contribution in [0.15, 0.2) is 65.6 Å². The van der Waals surface area contributed by atoms with Gasteiger partial charge in [0.2, 0.25) is 0 Å². The topological polar surface area (TPSA) is 66.5 Å². The van der Waals surface area contributed by atoms with Gasteiger partial charge in [0, 0.05) is 33.9 Å². The molecular formula is C22H19ClN2O3S. The number of carbonyl (C=O) groups is 1. The molecular weight excluding hydrogens is 408 g/mol. The molecule has 0 atom stereocenters. The first-order valence-electron chi connectivity index (χ1n) is 9.17. The molecule has 29 heavy (non-hydrogen) atoms. The molecule has 1 aliphatic heterocycles. The van der Waals surface area contributed by atoms with Crippen molar-refractivity contribution in [2.45, 2.75) is 18.7 Å². The molecule has 0 unspecified atom stereocenters. The van der Waals surface area contributed by atoms with Gasteiger partial charge in [-0.2, -0.15) is 0 Å². The first kappa shape index (κ1) is 19.5. The molecule has 0 aromatic heterocycles. The molecule has 0 radical (unpaired) electrons. The lowest BCUT2D eigenvalue weighted by molar-refractivity contribution is 0.102. The van der Waals surface area contributed by atoms with Crippen molar-refractivity contribution < 1.29 is 13.2 Å². The third-order valence-corrected chi connectivity index (χ3v) is 7.43. The van der Waals surface area contributed by atoms with Crippen molar-refractivity contribution in [1.29, 1.82) is 0 Å². The molecule has 4 rings (SSSR count). The number of nitrogens with one attached hydrogen (secondary N) is 1. The summed E-state index contributed by atoms with van der Waals surface area (Å²) >= 11 is 6.14. The number of rotatable bonds is 3. The molecule has 0 saturated carbocycles. The number of benzene rings is 3. The quantitative estimate of drug-likeness (QED) is 0.633. The van der Waals surface area contributed by atoms with Gasteiger partial charge in [0.25, 0.3) is 15.9 Å². The Hall–Kier alpha value is -2.83. The number of hydrogen-bond acceptors (Lipinski definition) is 3. The average molecular weight is 427 g/mol. The van der Waals surface area contributed by atoms with Crippen molar-refractivity contribution in [1.82, 2.24) is 0 Å². The molecule has 0 saturated heterocycles. The molecule has 1 heterocycles. The van der Waals surface area contributed by atoms with Gasteiger partial charge in [-0.05, 0) is 55.8 Å². The van der Waals surface area contributed by atoms with Gasteiger partial charge >= 0.3 is 0 Å². The minimum absolute atomic E-state index is 0.248. The van der Waals surface area contributed by atoms with Crippen LogP contribution in [0.3, 0.4) is 0 Å². The molecule has 0 bridgehead atoms. The van der Waals surface area contributed by atoms with Crippen LogP contribution in [-0.4, -0.2) is 20.9 Å². The standard InChI is InChI=1S/C22H19ClN2O3S/c1-3-25-20-12-11-15(22(26)24-19-9-6-8-18(23)14(19)2)13-17(20)16-7-4-5-10-21(16)29(25,27)28/h4-13H,3H2,1-2H3,(H,24,26). The fourth-order valence-electron chi connectivity index (χ4n) is 3.55. The zero-order valence-corrected chi connectivity index (χ0v) is 17.5. The molecule has 1 amide bonds.